The lowest BCUT2D eigenvalue weighted by Gasteiger charge is -2.18. The highest BCUT2D eigenvalue weighted by Gasteiger charge is 2.29. The Labute approximate surface area is 162 Å². The van der Waals surface area contributed by atoms with Gasteiger partial charge in [-0.3, -0.25) is 4.79 Å². The zero-order valence-corrected chi connectivity index (χ0v) is 16.3. The van der Waals surface area contributed by atoms with Crippen LogP contribution in [0.3, 0.4) is 0 Å². The fraction of sp³-hybridized carbons (Fsp3) is 0.278. The number of amides is 1. The smallest absolute Gasteiger partial charge is 0.272 e. The van der Waals surface area contributed by atoms with Crippen LogP contribution in [0.25, 0.3) is 6.08 Å². The second kappa shape index (κ2) is 7.18. The molecule has 0 saturated carbocycles. The number of carbonyl (C=O) groups excluding carboxylic acids is 1. The topological polar surface area (TPSA) is 124 Å². The van der Waals surface area contributed by atoms with E-state index in [4.69, 9.17) is 10.0 Å². The maximum atomic E-state index is 13.5. The lowest BCUT2D eigenvalue weighted by molar-refractivity contribution is 0.101. The van der Waals surface area contributed by atoms with Gasteiger partial charge in [0.25, 0.3) is 5.91 Å². The largest absolute Gasteiger partial charge is 0.345 e. The Kier molecular flexibility index (Phi) is 5.06. The van der Waals surface area contributed by atoms with Crippen LogP contribution in [0.1, 0.15) is 35.6 Å². The molecule has 1 unspecified atom stereocenters. The predicted octanol–water partition coefficient (Wildman–Crippen LogP) is 2.64. The Morgan fingerprint density at radius 1 is 1.50 bits per heavy atom. The van der Waals surface area contributed by atoms with Crippen molar-refractivity contribution in [3.63, 3.8) is 0 Å². The van der Waals surface area contributed by atoms with E-state index in [0.29, 0.717) is 5.56 Å². The van der Waals surface area contributed by atoms with Gasteiger partial charge in [-0.25, -0.2) is 18.7 Å². The summed E-state index contributed by atoms with van der Waals surface area (Å²) in [6, 6.07) is 3.69. The molecular formula is C18H19FN6O2S. The van der Waals surface area contributed by atoms with Gasteiger partial charge < -0.3 is 9.88 Å². The monoisotopic (exact) mass is 402 g/mol. The number of nitrogens with zero attached hydrogens (tertiary/aromatic N) is 3. The second-order valence-electron chi connectivity index (χ2n) is 6.80. The molecule has 2 aromatic heterocycles. The van der Waals surface area contributed by atoms with Gasteiger partial charge in [0.1, 0.15) is 27.4 Å². The zero-order valence-electron chi connectivity index (χ0n) is 15.5. The first-order valence-electron chi connectivity index (χ1n) is 8.45. The SMILES string of the molecule is CC(C)[C@H]1C=Cc2c(cn(C)c2C(=O)Nc2cc(F)nc(C#N)c2)S(=N)(=O)N1. The number of aryl methyl sites for hydroxylation is 1. The Balaban J connectivity index is 2.04. The number of nitriles is 1. The summed E-state index contributed by atoms with van der Waals surface area (Å²) in [5.41, 5.74) is 0.448. The summed E-state index contributed by atoms with van der Waals surface area (Å²) in [6.07, 6.45) is 4.94. The molecule has 3 N–H and O–H groups in total. The molecule has 8 nitrogen and oxygen atoms in total. The number of hydrogen-bond acceptors (Lipinski definition) is 5. The molecule has 0 aliphatic carbocycles. The Morgan fingerprint density at radius 2 is 2.21 bits per heavy atom. The van der Waals surface area contributed by atoms with E-state index in [1.807, 2.05) is 13.8 Å². The minimum Gasteiger partial charge on any atom is -0.345 e. The summed E-state index contributed by atoms with van der Waals surface area (Å²) >= 11 is 0. The van der Waals surface area contributed by atoms with Gasteiger partial charge in [0.05, 0.1) is 4.90 Å². The number of halogens is 1. The van der Waals surface area contributed by atoms with Crippen molar-refractivity contribution in [2.75, 3.05) is 5.32 Å². The third kappa shape index (κ3) is 3.67. The van der Waals surface area contributed by atoms with Crippen molar-refractivity contribution >= 4 is 27.6 Å². The van der Waals surface area contributed by atoms with Crippen molar-refractivity contribution in [1.29, 1.82) is 10.0 Å². The number of fused-ring (bicyclic) bond motifs is 1. The number of carbonyl (C=O) groups is 1. The highest BCUT2D eigenvalue weighted by molar-refractivity contribution is 7.90. The molecule has 1 aliphatic heterocycles. The minimum atomic E-state index is -3.32. The fourth-order valence-corrected chi connectivity index (χ4v) is 4.60. The number of aromatic nitrogens is 2. The molecule has 0 aromatic carbocycles. The minimum absolute atomic E-state index is 0.0754. The maximum absolute atomic E-state index is 13.5. The zero-order chi connectivity index (χ0) is 20.6. The molecule has 28 heavy (non-hydrogen) atoms. The summed E-state index contributed by atoms with van der Waals surface area (Å²) in [5, 5.41) is 11.4. The number of rotatable bonds is 3. The average molecular weight is 402 g/mol. The van der Waals surface area contributed by atoms with Crippen molar-refractivity contribution in [3.8, 4) is 6.07 Å². The molecule has 0 fully saturated rings. The van der Waals surface area contributed by atoms with Crippen LogP contribution >= 0.6 is 0 Å². The van der Waals surface area contributed by atoms with Gasteiger partial charge in [0.15, 0.2) is 0 Å². The van der Waals surface area contributed by atoms with Crippen molar-refractivity contribution < 1.29 is 13.4 Å². The predicted molar refractivity (Wildman–Crippen MR) is 102 cm³/mol. The molecule has 1 aliphatic rings. The first-order valence-corrected chi connectivity index (χ1v) is 10.0. The van der Waals surface area contributed by atoms with Gasteiger partial charge in [-0.1, -0.05) is 26.0 Å². The van der Waals surface area contributed by atoms with Crippen molar-refractivity contribution in [2.45, 2.75) is 24.8 Å². The Hall–Kier alpha value is -3.03. The van der Waals surface area contributed by atoms with Gasteiger partial charge in [-0.2, -0.15) is 9.65 Å². The van der Waals surface area contributed by atoms with E-state index in [2.05, 4.69) is 15.0 Å². The molecule has 0 saturated heterocycles. The highest BCUT2D eigenvalue weighted by atomic mass is 32.2. The molecule has 146 valence electrons. The van der Waals surface area contributed by atoms with Gasteiger partial charge >= 0.3 is 0 Å². The highest BCUT2D eigenvalue weighted by Crippen LogP contribution is 2.28. The van der Waals surface area contributed by atoms with Crippen LogP contribution in [-0.2, 0) is 17.0 Å². The molecule has 3 heterocycles. The van der Waals surface area contributed by atoms with Crippen LogP contribution in [0.5, 0.6) is 0 Å². The number of hydrogen-bond donors (Lipinski definition) is 3. The normalized spacial score (nSPS) is 21.1. The number of nitrogens with one attached hydrogen (secondary N) is 3. The quantitative estimate of drug-likeness (QED) is 0.683. The van der Waals surface area contributed by atoms with Gasteiger partial charge in [-0.05, 0) is 12.0 Å². The molecule has 0 radical (unpaired) electrons. The molecule has 10 heteroatoms. The maximum Gasteiger partial charge on any atom is 0.272 e. The van der Waals surface area contributed by atoms with Crippen LogP contribution in [0, 0.1) is 28.0 Å². The lowest BCUT2D eigenvalue weighted by atomic mass is 10.0. The lowest BCUT2D eigenvalue weighted by Crippen LogP contribution is -2.35. The van der Waals surface area contributed by atoms with E-state index in [1.165, 1.54) is 16.8 Å². The van der Waals surface area contributed by atoms with Gasteiger partial charge in [-0.15, -0.1) is 0 Å². The molecule has 2 aromatic rings. The first kappa shape index (κ1) is 19.7. The van der Waals surface area contributed by atoms with Crippen molar-refractivity contribution in [1.82, 2.24) is 14.3 Å². The molecule has 0 spiro atoms. The van der Waals surface area contributed by atoms with Crippen LogP contribution < -0.4 is 10.0 Å². The van der Waals surface area contributed by atoms with Gasteiger partial charge in [0, 0.05) is 36.6 Å². The Bertz CT molecular complexity index is 1130. The average Bonchev–Trinajstić information content (AvgIpc) is 2.88. The van der Waals surface area contributed by atoms with Crippen LogP contribution in [-0.4, -0.2) is 25.7 Å². The third-order valence-corrected chi connectivity index (χ3v) is 5.91. The van der Waals surface area contributed by atoms with Crippen LogP contribution in [0.2, 0.25) is 0 Å². The summed E-state index contributed by atoms with van der Waals surface area (Å²) in [5.74, 6) is -1.37. The number of pyridine rings is 1. The fourth-order valence-electron chi connectivity index (χ4n) is 2.96. The summed E-state index contributed by atoms with van der Waals surface area (Å²) in [4.78, 5) is 16.5. The van der Waals surface area contributed by atoms with E-state index in [1.54, 1.807) is 25.3 Å². The van der Waals surface area contributed by atoms with E-state index < -0.39 is 21.8 Å². The van der Waals surface area contributed by atoms with Crippen molar-refractivity contribution in [3.05, 3.63) is 47.3 Å². The van der Waals surface area contributed by atoms with Gasteiger partial charge in [0.2, 0.25) is 5.95 Å². The van der Waals surface area contributed by atoms with E-state index in [9.17, 15) is 13.4 Å². The molecule has 2 atom stereocenters. The second-order valence-corrected chi connectivity index (χ2v) is 8.59. The Morgan fingerprint density at radius 3 is 2.86 bits per heavy atom. The van der Waals surface area contributed by atoms with E-state index in [-0.39, 0.29) is 33.9 Å². The number of anilines is 1. The third-order valence-electron chi connectivity index (χ3n) is 4.37. The van der Waals surface area contributed by atoms with Crippen LogP contribution in [0.4, 0.5) is 10.1 Å². The van der Waals surface area contributed by atoms with E-state index >= 15 is 0 Å². The van der Waals surface area contributed by atoms with Crippen molar-refractivity contribution in [2.24, 2.45) is 13.0 Å². The molecule has 1 amide bonds. The first-order chi connectivity index (χ1) is 13.1. The standard InChI is InChI=1S/C18H19FN6O2S/c1-10(2)14-5-4-13-15(28(21,27)24-14)9-25(3)17(13)18(26)23-11-6-12(8-20)22-16(19)7-11/h4-7,9-10,14H,1-3H3,(H2,21,24,27)(H,22,23,26)/t14-,28?/m1/s1. The summed E-state index contributed by atoms with van der Waals surface area (Å²) in [7, 11) is -1.73. The molecular weight excluding hydrogens is 383 g/mol. The molecule has 0 bridgehead atoms. The summed E-state index contributed by atoms with van der Waals surface area (Å²) in [6.45, 7) is 3.87. The summed E-state index contributed by atoms with van der Waals surface area (Å²) < 4.78 is 39.0. The molecule has 3 rings (SSSR count). The van der Waals surface area contributed by atoms with Crippen LogP contribution in [0.15, 0.2) is 29.3 Å². The van der Waals surface area contributed by atoms with E-state index in [0.717, 1.165) is 6.07 Å².